The molecule has 2 amide bonds. The fourth-order valence-corrected chi connectivity index (χ4v) is 4.93. The minimum atomic E-state index is -0.0374. The number of hydrogen-bond donors (Lipinski definition) is 1. The van der Waals surface area contributed by atoms with Crippen LogP contribution in [0.3, 0.4) is 0 Å². The Morgan fingerprint density at radius 1 is 1.06 bits per heavy atom. The zero-order valence-electron chi connectivity index (χ0n) is 20.4. The third-order valence-corrected chi connectivity index (χ3v) is 6.73. The first kappa shape index (κ1) is 24.1. The highest BCUT2D eigenvalue weighted by Gasteiger charge is 2.29. The number of carbonyl (C=O) groups is 2. The normalized spacial score (nSPS) is 16.7. The average Bonchev–Trinajstić information content (AvgIpc) is 3.54. The highest BCUT2D eigenvalue weighted by atomic mass is 17.2. The van der Waals surface area contributed by atoms with Gasteiger partial charge in [0.25, 0.3) is 0 Å². The van der Waals surface area contributed by atoms with Crippen molar-refractivity contribution in [2.45, 2.75) is 51.1 Å². The van der Waals surface area contributed by atoms with Crippen LogP contribution in [-0.2, 0) is 21.0 Å². The number of hydrogen-bond acceptors (Lipinski definition) is 7. The summed E-state index contributed by atoms with van der Waals surface area (Å²) in [5.74, 6) is 2.10. The van der Waals surface area contributed by atoms with Crippen LogP contribution in [0.2, 0.25) is 0 Å². The van der Waals surface area contributed by atoms with Crippen molar-refractivity contribution in [1.82, 2.24) is 15.1 Å². The number of nitrogens with zero attached hydrogens (tertiary/aromatic N) is 3. The summed E-state index contributed by atoms with van der Waals surface area (Å²) in [6.45, 7) is 2.24. The Morgan fingerprint density at radius 3 is 2.72 bits per heavy atom. The first-order valence-electron chi connectivity index (χ1n) is 12.7. The molecule has 1 saturated heterocycles. The zero-order valence-corrected chi connectivity index (χ0v) is 20.4. The molecule has 0 unspecified atom stereocenters. The Hall–Kier alpha value is -3.59. The number of benzene rings is 2. The van der Waals surface area contributed by atoms with Gasteiger partial charge >= 0.3 is 0 Å². The van der Waals surface area contributed by atoms with E-state index in [9.17, 15) is 9.59 Å². The summed E-state index contributed by atoms with van der Waals surface area (Å²) < 4.78 is 5.94. The van der Waals surface area contributed by atoms with Crippen LogP contribution in [0, 0.1) is 0 Å². The number of amides is 2. The van der Waals surface area contributed by atoms with Crippen LogP contribution in [0.1, 0.15) is 44.1 Å². The molecular weight excluding hydrogens is 460 g/mol. The van der Waals surface area contributed by atoms with Crippen molar-refractivity contribution in [3.8, 4) is 11.5 Å². The van der Waals surface area contributed by atoms with Crippen LogP contribution in [0.4, 0.5) is 5.69 Å². The number of guanidine groups is 1. The third-order valence-electron chi connectivity index (χ3n) is 6.73. The van der Waals surface area contributed by atoms with Gasteiger partial charge in [-0.25, -0.2) is 4.99 Å². The van der Waals surface area contributed by atoms with E-state index in [1.807, 2.05) is 58.3 Å². The largest absolute Gasteiger partial charge is 0.494 e. The molecule has 1 N–H and O–H groups in total. The van der Waals surface area contributed by atoms with E-state index in [0.29, 0.717) is 57.4 Å². The van der Waals surface area contributed by atoms with E-state index in [-0.39, 0.29) is 17.9 Å². The van der Waals surface area contributed by atoms with Crippen LogP contribution >= 0.6 is 0 Å². The second-order valence-electron chi connectivity index (χ2n) is 9.33. The fraction of sp³-hybridized carbons (Fsp3) is 0.444. The summed E-state index contributed by atoms with van der Waals surface area (Å²) in [4.78, 5) is 43.7. The third kappa shape index (κ3) is 5.96. The maximum Gasteiger partial charge on any atom is 0.246 e. The van der Waals surface area contributed by atoms with Gasteiger partial charge in [-0.15, -0.1) is 0 Å². The lowest BCUT2D eigenvalue weighted by molar-refractivity contribution is -0.210. The molecule has 0 bridgehead atoms. The molecule has 2 heterocycles. The quantitative estimate of drug-likeness (QED) is 0.293. The SMILES string of the molecule is O=C1CN2Cc3cc(OCCCC(=O)N(CCOOc4ccccc4)C4CCCC4)ccc3N=C2N1. The number of carbonyl (C=O) groups excluding carboxylic acids is 2. The molecule has 0 aromatic heterocycles. The van der Waals surface area contributed by atoms with Gasteiger partial charge in [0.15, 0.2) is 5.75 Å². The smallest absolute Gasteiger partial charge is 0.246 e. The Balaban J connectivity index is 1.07. The Labute approximate surface area is 211 Å². The molecule has 190 valence electrons. The van der Waals surface area contributed by atoms with Crippen LogP contribution < -0.4 is 14.9 Å². The predicted molar refractivity (Wildman–Crippen MR) is 134 cm³/mol. The van der Waals surface area contributed by atoms with Gasteiger partial charge in [-0.1, -0.05) is 31.0 Å². The molecule has 0 radical (unpaired) electrons. The van der Waals surface area contributed by atoms with E-state index in [0.717, 1.165) is 42.7 Å². The van der Waals surface area contributed by atoms with E-state index in [4.69, 9.17) is 14.5 Å². The molecule has 1 aliphatic carbocycles. The summed E-state index contributed by atoms with van der Waals surface area (Å²) in [5.41, 5.74) is 1.87. The molecule has 2 fully saturated rings. The van der Waals surface area contributed by atoms with Gasteiger partial charge in [-0.05, 0) is 49.6 Å². The predicted octanol–water partition coefficient (Wildman–Crippen LogP) is 3.56. The van der Waals surface area contributed by atoms with Crippen LogP contribution in [0.5, 0.6) is 11.5 Å². The molecular formula is C27H32N4O5. The topological polar surface area (TPSA) is 92.7 Å². The summed E-state index contributed by atoms with van der Waals surface area (Å²) in [5, 5.41) is 2.77. The van der Waals surface area contributed by atoms with E-state index in [2.05, 4.69) is 10.3 Å². The maximum absolute atomic E-state index is 13.1. The van der Waals surface area contributed by atoms with Crippen molar-refractivity contribution < 1.29 is 24.1 Å². The summed E-state index contributed by atoms with van der Waals surface area (Å²) in [6.07, 6.45) is 5.46. The number of rotatable bonds is 11. The summed E-state index contributed by atoms with van der Waals surface area (Å²) >= 11 is 0. The van der Waals surface area contributed by atoms with Crippen molar-refractivity contribution >= 4 is 23.5 Å². The van der Waals surface area contributed by atoms with E-state index in [1.165, 1.54) is 0 Å². The monoisotopic (exact) mass is 492 g/mol. The van der Waals surface area contributed by atoms with Crippen molar-refractivity contribution in [2.75, 3.05) is 26.3 Å². The molecule has 9 heteroatoms. The Bertz CT molecular complexity index is 1100. The van der Waals surface area contributed by atoms with Gasteiger partial charge in [-0.3, -0.25) is 14.9 Å². The van der Waals surface area contributed by atoms with Crippen molar-refractivity contribution in [1.29, 1.82) is 0 Å². The van der Waals surface area contributed by atoms with Crippen molar-refractivity contribution in [3.63, 3.8) is 0 Å². The van der Waals surface area contributed by atoms with Gasteiger partial charge in [0.2, 0.25) is 17.8 Å². The highest BCUT2D eigenvalue weighted by Crippen LogP contribution is 2.30. The fourth-order valence-electron chi connectivity index (χ4n) is 4.93. The highest BCUT2D eigenvalue weighted by molar-refractivity contribution is 6.05. The first-order chi connectivity index (χ1) is 17.7. The molecule has 1 saturated carbocycles. The standard InChI is InChI=1S/C27H32N4O5/c32-25-19-30-18-20-17-23(12-13-24(20)28-27(30)29-25)34-15-6-11-26(33)31(21-7-4-5-8-21)14-16-35-36-22-9-2-1-3-10-22/h1-3,9-10,12-13,17,21H,4-8,11,14-16,18-19H2,(H,28,29,32). The molecule has 0 spiro atoms. The lowest BCUT2D eigenvalue weighted by Crippen LogP contribution is -2.41. The van der Waals surface area contributed by atoms with E-state index in [1.54, 1.807) is 0 Å². The number of fused-ring (bicyclic) bond motifs is 2. The van der Waals surface area contributed by atoms with Gasteiger partial charge in [-0.2, -0.15) is 4.89 Å². The summed E-state index contributed by atoms with van der Waals surface area (Å²) in [7, 11) is 0. The number of nitrogens with one attached hydrogen (secondary N) is 1. The second-order valence-corrected chi connectivity index (χ2v) is 9.33. The molecule has 2 aromatic rings. The van der Waals surface area contributed by atoms with Crippen molar-refractivity contribution in [3.05, 3.63) is 54.1 Å². The van der Waals surface area contributed by atoms with Gasteiger partial charge in [0, 0.05) is 31.1 Å². The molecule has 3 aliphatic rings. The van der Waals surface area contributed by atoms with Crippen molar-refractivity contribution in [2.24, 2.45) is 4.99 Å². The minimum absolute atomic E-state index is 0.0374. The first-order valence-corrected chi connectivity index (χ1v) is 12.7. The lowest BCUT2D eigenvalue weighted by atomic mass is 10.1. The molecule has 36 heavy (non-hydrogen) atoms. The molecule has 2 aliphatic heterocycles. The number of ether oxygens (including phenoxy) is 1. The van der Waals surface area contributed by atoms with Crippen LogP contribution in [-0.4, -0.2) is 59.9 Å². The summed E-state index contributed by atoms with van der Waals surface area (Å²) in [6, 6.07) is 15.4. The lowest BCUT2D eigenvalue weighted by Gasteiger charge is -2.29. The number of para-hydroxylation sites is 1. The zero-order chi connectivity index (χ0) is 24.7. The molecule has 2 aromatic carbocycles. The number of aliphatic imine (C=N–C) groups is 1. The van der Waals surface area contributed by atoms with Crippen LogP contribution in [0.25, 0.3) is 0 Å². The maximum atomic E-state index is 13.1. The molecule has 9 nitrogen and oxygen atoms in total. The minimum Gasteiger partial charge on any atom is -0.494 e. The molecule has 5 rings (SSSR count). The molecule has 0 atom stereocenters. The Morgan fingerprint density at radius 2 is 1.89 bits per heavy atom. The van der Waals surface area contributed by atoms with E-state index < -0.39 is 0 Å². The van der Waals surface area contributed by atoms with Gasteiger partial charge in [0.05, 0.1) is 12.3 Å². The Kier molecular flexibility index (Phi) is 7.66. The van der Waals surface area contributed by atoms with Gasteiger partial charge in [0.1, 0.15) is 18.9 Å². The van der Waals surface area contributed by atoms with Gasteiger partial charge < -0.3 is 19.4 Å². The van der Waals surface area contributed by atoms with E-state index >= 15 is 0 Å². The average molecular weight is 493 g/mol. The van der Waals surface area contributed by atoms with Crippen LogP contribution in [0.15, 0.2) is 53.5 Å². The second kappa shape index (κ2) is 11.4.